The molecule has 3 rings (SSSR count). The molecule has 1 saturated heterocycles. The van der Waals surface area contributed by atoms with Crippen molar-refractivity contribution in [2.24, 2.45) is 14.1 Å². The fraction of sp³-hybridized carbons (Fsp3) is 0.529. The van der Waals surface area contributed by atoms with Gasteiger partial charge in [0.2, 0.25) is 5.91 Å². The number of halogens is 1. The Kier molecular flexibility index (Phi) is 6.07. The molecule has 0 atom stereocenters. The summed E-state index contributed by atoms with van der Waals surface area (Å²) >= 11 is 0. The first-order valence-electron chi connectivity index (χ1n) is 8.21. The van der Waals surface area contributed by atoms with Crippen LogP contribution < -0.4 is 23.4 Å². The van der Waals surface area contributed by atoms with Crippen LogP contribution in [0.4, 0.5) is 0 Å². The smallest absolute Gasteiger partial charge is 0.328 e. The van der Waals surface area contributed by atoms with Crippen molar-refractivity contribution in [1.29, 1.82) is 0 Å². The number of fused-ring (bicyclic) bond motifs is 1. The van der Waals surface area contributed by atoms with E-state index in [9.17, 15) is 9.59 Å². The van der Waals surface area contributed by atoms with Crippen LogP contribution in [0.15, 0.2) is 23.0 Å². The molecule has 1 fully saturated rings. The predicted molar refractivity (Wildman–Crippen MR) is 90.3 cm³/mol. The molecule has 0 radical (unpaired) electrons. The number of aryl methyl sites for hydroxylation is 2. The van der Waals surface area contributed by atoms with Gasteiger partial charge in [0.05, 0.1) is 11.0 Å². The molecule has 0 spiro atoms. The van der Waals surface area contributed by atoms with Crippen molar-refractivity contribution in [3.05, 3.63) is 34.2 Å². The van der Waals surface area contributed by atoms with Crippen molar-refractivity contribution in [3.63, 3.8) is 0 Å². The fourth-order valence-corrected chi connectivity index (χ4v) is 3.23. The summed E-state index contributed by atoms with van der Waals surface area (Å²) < 4.78 is 3.34. The lowest BCUT2D eigenvalue weighted by molar-refractivity contribution is -0.127. The van der Waals surface area contributed by atoms with Crippen LogP contribution in [-0.2, 0) is 25.4 Å². The predicted octanol–water partition coefficient (Wildman–Crippen LogP) is -2.02. The molecule has 6 nitrogen and oxygen atoms in total. The second kappa shape index (κ2) is 7.85. The molecular weight excluding hydrogens is 328 g/mol. The van der Waals surface area contributed by atoms with Gasteiger partial charge in [-0.15, -0.1) is 0 Å². The third-order valence-electron chi connectivity index (χ3n) is 4.62. The maximum atomic E-state index is 11.9. The summed E-state index contributed by atoms with van der Waals surface area (Å²) in [6, 6.07) is 6.11. The summed E-state index contributed by atoms with van der Waals surface area (Å²) in [5, 5.41) is 3.41. The van der Waals surface area contributed by atoms with E-state index in [2.05, 4.69) is 17.4 Å². The van der Waals surface area contributed by atoms with E-state index in [0.717, 1.165) is 55.6 Å². The number of nitrogens with one attached hydrogen (secondary N) is 1. The fourth-order valence-electron chi connectivity index (χ4n) is 3.23. The van der Waals surface area contributed by atoms with Crippen molar-refractivity contribution in [2.75, 3.05) is 19.6 Å². The van der Waals surface area contributed by atoms with Gasteiger partial charge in [-0.2, -0.15) is 0 Å². The van der Waals surface area contributed by atoms with Crippen LogP contribution >= 0.6 is 0 Å². The summed E-state index contributed by atoms with van der Waals surface area (Å²) in [7, 11) is 3.59. The van der Waals surface area contributed by atoms with Crippen LogP contribution in [0.25, 0.3) is 11.0 Å². The Morgan fingerprint density at radius 1 is 1.12 bits per heavy atom. The molecule has 0 bridgehead atoms. The lowest BCUT2D eigenvalue weighted by atomic mass is 10.2. The average molecular weight is 352 g/mol. The third-order valence-corrected chi connectivity index (χ3v) is 4.62. The van der Waals surface area contributed by atoms with E-state index in [-0.39, 0.29) is 18.1 Å². The first kappa shape index (κ1) is 18.5. The Morgan fingerprint density at radius 2 is 1.88 bits per heavy atom. The van der Waals surface area contributed by atoms with Crippen LogP contribution in [0, 0.1) is 0 Å². The Hall–Kier alpha value is -1.79. The molecule has 2 aromatic rings. The topological polar surface area (TPSA) is 59.3 Å². The molecule has 1 aromatic carbocycles. The molecule has 24 heavy (non-hydrogen) atoms. The minimum absolute atomic E-state index is 0. The van der Waals surface area contributed by atoms with Crippen LogP contribution in [0.1, 0.15) is 24.8 Å². The van der Waals surface area contributed by atoms with Gasteiger partial charge in [-0.1, -0.05) is 6.07 Å². The first-order valence-corrected chi connectivity index (χ1v) is 8.21. The molecule has 1 aromatic heterocycles. The van der Waals surface area contributed by atoms with Crippen molar-refractivity contribution in [3.8, 4) is 0 Å². The van der Waals surface area contributed by atoms with E-state index in [1.165, 1.54) is 0 Å². The quantitative estimate of drug-likeness (QED) is 0.611. The summed E-state index contributed by atoms with van der Waals surface area (Å²) in [6.45, 7) is 3.41. The normalized spacial score (nSPS) is 14.4. The number of nitrogens with zero attached hydrogens (tertiary/aromatic N) is 3. The van der Waals surface area contributed by atoms with Gasteiger partial charge < -0.3 is 22.6 Å². The zero-order valence-electron chi connectivity index (χ0n) is 14.2. The number of amides is 1. The van der Waals surface area contributed by atoms with Crippen molar-refractivity contribution < 1.29 is 17.2 Å². The molecule has 0 saturated carbocycles. The number of carbonyl (C=O) groups is 1. The second-order valence-electron chi connectivity index (χ2n) is 6.24. The summed E-state index contributed by atoms with van der Waals surface area (Å²) in [5.74, 6) is 0.292. The molecule has 0 unspecified atom stereocenters. The highest BCUT2D eigenvalue weighted by molar-refractivity contribution is 5.78. The standard InChI is InChI=1S/C17H24N4O2.ClH/c1-19-14-7-6-13(11-15(14)20(2)17(19)23)12-18-8-4-10-21-9-3-5-16(21)22;/h6-7,11,18H,3-5,8-10,12H2,1-2H3;1H/p-1. The number of likely N-dealkylation sites (tertiary alicyclic amines) is 1. The number of benzene rings is 1. The van der Waals surface area contributed by atoms with Gasteiger partial charge >= 0.3 is 5.69 Å². The number of rotatable bonds is 6. The lowest BCUT2D eigenvalue weighted by Gasteiger charge is -2.15. The van der Waals surface area contributed by atoms with Crippen LogP contribution in [-0.4, -0.2) is 39.6 Å². The third kappa shape index (κ3) is 3.65. The summed E-state index contributed by atoms with van der Waals surface area (Å²) in [6.07, 6.45) is 2.68. The van der Waals surface area contributed by atoms with Crippen molar-refractivity contribution in [2.45, 2.75) is 25.8 Å². The molecule has 1 aliphatic heterocycles. The monoisotopic (exact) mass is 351 g/mol. The highest BCUT2D eigenvalue weighted by atomic mass is 35.5. The van der Waals surface area contributed by atoms with Crippen molar-refractivity contribution in [1.82, 2.24) is 19.4 Å². The molecule has 132 valence electrons. The maximum absolute atomic E-state index is 11.9. The molecule has 0 aliphatic carbocycles. The largest absolute Gasteiger partial charge is 1.00 e. The Bertz CT molecular complexity index is 781. The van der Waals surface area contributed by atoms with Gasteiger partial charge in [0.25, 0.3) is 0 Å². The summed E-state index contributed by atoms with van der Waals surface area (Å²) in [5.41, 5.74) is 3.07. The molecular formula is C17H24ClN4O2-. The van der Waals surface area contributed by atoms with Gasteiger partial charge in [-0.3, -0.25) is 13.9 Å². The van der Waals surface area contributed by atoms with Crippen LogP contribution in [0.3, 0.4) is 0 Å². The minimum Gasteiger partial charge on any atom is -1.00 e. The SMILES string of the molecule is Cn1c(=O)n(C)c2cc(CNCCCN3CCCC3=O)ccc21.[Cl-]. The highest BCUT2D eigenvalue weighted by Crippen LogP contribution is 2.14. The number of imidazole rings is 1. The highest BCUT2D eigenvalue weighted by Gasteiger charge is 2.18. The number of hydrogen-bond acceptors (Lipinski definition) is 3. The van der Waals surface area contributed by atoms with E-state index < -0.39 is 0 Å². The lowest BCUT2D eigenvalue weighted by Crippen LogP contribution is -3.00. The van der Waals surface area contributed by atoms with Crippen LogP contribution in [0.5, 0.6) is 0 Å². The minimum atomic E-state index is 0. The molecule has 1 N–H and O–H groups in total. The molecule has 2 heterocycles. The van der Waals surface area contributed by atoms with Gasteiger partial charge in [-0.25, -0.2) is 4.79 Å². The average Bonchev–Trinajstić information content (AvgIpc) is 3.05. The van der Waals surface area contributed by atoms with Gasteiger partial charge in [0, 0.05) is 40.2 Å². The van der Waals surface area contributed by atoms with E-state index in [1.54, 1.807) is 23.2 Å². The Morgan fingerprint density at radius 3 is 2.58 bits per heavy atom. The number of aromatic nitrogens is 2. The molecule has 1 amide bonds. The Labute approximate surface area is 147 Å². The van der Waals surface area contributed by atoms with E-state index in [0.29, 0.717) is 12.3 Å². The van der Waals surface area contributed by atoms with E-state index >= 15 is 0 Å². The van der Waals surface area contributed by atoms with Crippen molar-refractivity contribution >= 4 is 16.9 Å². The zero-order chi connectivity index (χ0) is 16.4. The molecule has 7 heteroatoms. The maximum Gasteiger partial charge on any atom is 0.328 e. The number of hydrogen-bond donors (Lipinski definition) is 1. The second-order valence-corrected chi connectivity index (χ2v) is 6.24. The van der Waals surface area contributed by atoms with Crippen LogP contribution in [0.2, 0.25) is 0 Å². The van der Waals surface area contributed by atoms with E-state index in [1.807, 2.05) is 11.0 Å². The first-order chi connectivity index (χ1) is 11.1. The molecule has 1 aliphatic rings. The summed E-state index contributed by atoms with van der Waals surface area (Å²) in [4.78, 5) is 25.4. The number of carbonyl (C=O) groups excluding carboxylic acids is 1. The van der Waals surface area contributed by atoms with E-state index in [4.69, 9.17) is 0 Å². The Balaban J connectivity index is 0.00000208. The van der Waals surface area contributed by atoms with Gasteiger partial charge in [-0.05, 0) is 37.1 Å². The van der Waals surface area contributed by atoms with Gasteiger partial charge in [0.1, 0.15) is 0 Å². The zero-order valence-corrected chi connectivity index (χ0v) is 15.0. The van der Waals surface area contributed by atoms with Gasteiger partial charge in [0.15, 0.2) is 0 Å².